The molecule has 1 amide bonds. The Morgan fingerprint density at radius 3 is 2.34 bits per heavy atom. The Morgan fingerprint density at radius 1 is 1.17 bits per heavy atom. The van der Waals surface area contributed by atoms with Crippen LogP contribution >= 0.6 is 0 Å². The first kappa shape index (κ1) is 22.6. The Bertz CT molecular complexity index is 931. The molecule has 8 nitrogen and oxygen atoms in total. The van der Waals surface area contributed by atoms with E-state index >= 15 is 0 Å². The van der Waals surface area contributed by atoms with Gasteiger partial charge in [0.25, 0.3) is 17.5 Å². The number of nitrogens with zero attached hydrogens (tertiary/aromatic N) is 4. The standard InChI is InChI=1S/C18H24F3N5O3/c1-9-12(7-8-13(27)29-11(3)14(28)24-17(4,5)6)10(2)26-16(22-9)23-15(25-26)18(19,20)21/h11H,7-8H2,1-6H3,(H,24,28). The van der Waals surface area contributed by atoms with Crippen LogP contribution in [-0.4, -0.2) is 43.1 Å². The number of aryl methyl sites for hydroxylation is 2. The molecule has 0 aliphatic heterocycles. The summed E-state index contributed by atoms with van der Waals surface area (Å²) in [5, 5.41) is 6.18. The largest absolute Gasteiger partial charge is 0.453 e. The van der Waals surface area contributed by atoms with Crippen LogP contribution in [-0.2, 0) is 26.9 Å². The number of alkyl halides is 3. The summed E-state index contributed by atoms with van der Waals surface area (Å²) < 4.78 is 44.7. The van der Waals surface area contributed by atoms with E-state index in [0.717, 1.165) is 4.52 Å². The van der Waals surface area contributed by atoms with Crippen molar-refractivity contribution in [3.05, 3.63) is 22.8 Å². The van der Waals surface area contributed by atoms with E-state index in [-0.39, 0.29) is 18.6 Å². The summed E-state index contributed by atoms with van der Waals surface area (Å²) >= 11 is 0. The van der Waals surface area contributed by atoms with E-state index in [1.165, 1.54) is 6.92 Å². The molecule has 1 N–H and O–H groups in total. The summed E-state index contributed by atoms with van der Waals surface area (Å²) in [4.78, 5) is 31.6. The van der Waals surface area contributed by atoms with Gasteiger partial charge in [0.15, 0.2) is 6.10 Å². The highest BCUT2D eigenvalue weighted by atomic mass is 19.4. The lowest BCUT2D eigenvalue weighted by molar-refractivity contribution is -0.155. The zero-order chi connectivity index (χ0) is 22.1. The molecule has 1 atom stereocenters. The van der Waals surface area contributed by atoms with Crippen molar-refractivity contribution >= 4 is 17.7 Å². The van der Waals surface area contributed by atoms with E-state index in [1.54, 1.807) is 13.8 Å². The maximum atomic E-state index is 12.8. The number of ether oxygens (including phenoxy) is 1. The first-order chi connectivity index (χ1) is 13.2. The molecule has 2 rings (SSSR count). The van der Waals surface area contributed by atoms with Crippen molar-refractivity contribution in [2.24, 2.45) is 0 Å². The smallest absolute Gasteiger partial charge is 0.453 e. The number of carbonyl (C=O) groups excluding carboxylic acids is 2. The average Bonchev–Trinajstić information content (AvgIpc) is 2.97. The molecule has 11 heteroatoms. The lowest BCUT2D eigenvalue weighted by Gasteiger charge is -2.23. The van der Waals surface area contributed by atoms with Gasteiger partial charge in [-0.15, -0.1) is 5.10 Å². The molecular formula is C18H24F3N5O3. The topological polar surface area (TPSA) is 98.5 Å². The van der Waals surface area contributed by atoms with E-state index in [9.17, 15) is 22.8 Å². The minimum absolute atomic E-state index is 0.0666. The third-order valence-corrected chi connectivity index (χ3v) is 4.06. The molecule has 0 radical (unpaired) electrons. The number of halogens is 3. The van der Waals surface area contributed by atoms with Gasteiger partial charge in [-0.05, 0) is 53.5 Å². The molecule has 0 aliphatic carbocycles. The van der Waals surface area contributed by atoms with Crippen molar-refractivity contribution in [2.45, 2.75) is 72.2 Å². The van der Waals surface area contributed by atoms with E-state index < -0.39 is 35.5 Å². The van der Waals surface area contributed by atoms with Gasteiger partial charge in [-0.2, -0.15) is 18.2 Å². The summed E-state index contributed by atoms with van der Waals surface area (Å²) in [7, 11) is 0. The Labute approximate surface area is 165 Å². The first-order valence-electron chi connectivity index (χ1n) is 9.00. The van der Waals surface area contributed by atoms with E-state index in [0.29, 0.717) is 17.0 Å². The number of aromatic nitrogens is 4. The van der Waals surface area contributed by atoms with Crippen molar-refractivity contribution in [3.8, 4) is 0 Å². The van der Waals surface area contributed by atoms with E-state index in [4.69, 9.17) is 4.74 Å². The number of carbonyl (C=O) groups is 2. The fourth-order valence-electron chi connectivity index (χ4n) is 2.70. The fourth-order valence-corrected chi connectivity index (χ4v) is 2.70. The molecule has 29 heavy (non-hydrogen) atoms. The lowest BCUT2D eigenvalue weighted by Crippen LogP contribution is -2.46. The van der Waals surface area contributed by atoms with Crippen LogP contribution in [0.15, 0.2) is 0 Å². The Kier molecular flexibility index (Phi) is 6.19. The van der Waals surface area contributed by atoms with Crippen molar-refractivity contribution in [2.75, 3.05) is 0 Å². The third kappa shape index (κ3) is 5.64. The Morgan fingerprint density at radius 2 is 1.79 bits per heavy atom. The minimum atomic E-state index is -4.68. The monoisotopic (exact) mass is 415 g/mol. The number of hydrogen-bond donors (Lipinski definition) is 1. The third-order valence-electron chi connectivity index (χ3n) is 4.06. The van der Waals surface area contributed by atoms with Gasteiger partial charge in [0.05, 0.1) is 0 Å². The molecular weight excluding hydrogens is 391 g/mol. The van der Waals surface area contributed by atoms with Crippen LogP contribution in [0.5, 0.6) is 0 Å². The second-order valence-corrected chi connectivity index (χ2v) is 7.78. The molecule has 0 fully saturated rings. The summed E-state index contributed by atoms with van der Waals surface area (Å²) in [5.74, 6) is -2.45. The molecule has 0 saturated carbocycles. The van der Waals surface area contributed by atoms with Gasteiger partial charge in [-0.25, -0.2) is 9.50 Å². The van der Waals surface area contributed by atoms with Crippen LogP contribution in [0.4, 0.5) is 13.2 Å². The maximum absolute atomic E-state index is 12.8. The normalized spacial score (nSPS) is 13.4. The highest BCUT2D eigenvalue weighted by molar-refractivity contribution is 5.83. The molecule has 1 unspecified atom stereocenters. The van der Waals surface area contributed by atoms with Crippen LogP contribution in [0.3, 0.4) is 0 Å². The fraction of sp³-hybridized carbons (Fsp3) is 0.611. The number of nitrogens with one attached hydrogen (secondary N) is 1. The number of amides is 1. The average molecular weight is 415 g/mol. The molecule has 0 saturated heterocycles. The maximum Gasteiger partial charge on any atom is 0.453 e. The first-order valence-corrected chi connectivity index (χ1v) is 9.00. The van der Waals surface area contributed by atoms with Crippen molar-refractivity contribution in [1.82, 2.24) is 24.9 Å². The van der Waals surface area contributed by atoms with Gasteiger partial charge in [0, 0.05) is 23.3 Å². The van der Waals surface area contributed by atoms with Crippen LogP contribution in [0.2, 0.25) is 0 Å². The number of esters is 1. The van der Waals surface area contributed by atoms with Gasteiger partial charge < -0.3 is 10.1 Å². The van der Waals surface area contributed by atoms with Crippen LogP contribution in [0.1, 0.15) is 56.9 Å². The van der Waals surface area contributed by atoms with E-state index in [2.05, 4.69) is 20.4 Å². The summed E-state index contributed by atoms with van der Waals surface area (Å²) in [6.07, 6.45) is -5.53. The van der Waals surface area contributed by atoms with Crippen LogP contribution < -0.4 is 5.32 Å². The molecule has 0 bridgehead atoms. The van der Waals surface area contributed by atoms with Gasteiger partial charge in [0.2, 0.25) is 0 Å². The molecule has 0 aromatic carbocycles. The zero-order valence-corrected chi connectivity index (χ0v) is 17.1. The van der Waals surface area contributed by atoms with Crippen LogP contribution in [0.25, 0.3) is 5.78 Å². The molecule has 160 valence electrons. The van der Waals surface area contributed by atoms with Gasteiger partial charge >= 0.3 is 12.1 Å². The Hall–Kier alpha value is -2.72. The zero-order valence-electron chi connectivity index (χ0n) is 17.1. The predicted molar refractivity (Wildman–Crippen MR) is 97.0 cm³/mol. The molecule has 0 spiro atoms. The summed E-state index contributed by atoms with van der Waals surface area (Å²) in [5.41, 5.74) is 0.962. The lowest BCUT2D eigenvalue weighted by atomic mass is 10.1. The van der Waals surface area contributed by atoms with Gasteiger partial charge in [0.1, 0.15) is 0 Å². The van der Waals surface area contributed by atoms with E-state index in [1.807, 2.05) is 20.8 Å². The molecule has 0 aliphatic rings. The molecule has 2 heterocycles. The molecule has 2 aromatic heterocycles. The molecule has 2 aromatic rings. The highest BCUT2D eigenvalue weighted by Gasteiger charge is 2.37. The van der Waals surface area contributed by atoms with Gasteiger partial charge in [-0.3, -0.25) is 9.59 Å². The quantitative estimate of drug-likeness (QED) is 0.754. The SMILES string of the molecule is Cc1nc2nc(C(F)(F)F)nn2c(C)c1CCC(=O)OC(C)C(=O)NC(C)(C)C. The van der Waals surface area contributed by atoms with Gasteiger partial charge in [-0.1, -0.05) is 0 Å². The van der Waals surface area contributed by atoms with Crippen molar-refractivity contribution < 1.29 is 27.5 Å². The number of fused-ring (bicyclic) bond motifs is 1. The summed E-state index contributed by atoms with van der Waals surface area (Å²) in [6, 6.07) is 0. The minimum Gasteiger partial charge on any atom is -0.453 e. The van der Waals surface area contributed by atoms with Crippen LogP contribution in [0, 0.1) is 13.8 Å². The Balaban J connectivity index is 2.10. The number of rotatable bonds is 5. The highest BCUT2D eigenvalue weighted by Crippen LogP contribution is 2.27. The van der Waals surface area contributed by atoms with Crippen molar-refractivity contribution in [1.29, 1.82) is 0 Å². The summed E-state index contributed by atoms with van der Waals surface area (Å²) in [6.45, 7) is 10.1. The second-order valence-electron chi connectivity index (χ2n) is 7.78. The predicted octanol–water partition coefficient (Wildman–Crippen LogP) is 2.54. The van der Waals surface area contributed by atoms with Crippen molar-refractivity contribution in [3.63, 3.8) is 0 Å². The number of hydrogen-bond acceptors (Lipinski definition) is 6. The second kappa shape index (κ2) is 7.96.